The summed E-state index contributed by atoms with van der Waals surface area (Å²) in [5.74, 6) is -0.384. The van der Waals surface area contributed by atoms with E-state index in [-0.39, 0.29) is 31.7 Å². The number of carbonyl (C=O) groups excluding carboxylic acids is 3. The fourth-order valence-corrected chi connectivity index (χ4v) is 3.80. The number of carboxylic acids is 1. The number of nitrogens with zero attached hydrogens (tertiary/aromatic N) is 1. The molecular formula is C27H31N5O7. The second-order valence-electron chi connectivity index (χ2n) is 8.80. The Morgan fingerprint density at radius 2 is 1.85 bits per heavy atom. The van der Waals surface area contributed by atoms with E-state index >= 15 is 0 Å². The van der Waals surface area contributed by atoms with E-state index < -0.39 is 18.0 Å². The summed E-state index contributed by atoms with van der Waals surface area (Å²) in [5, 5.41) is 23.9. The Hall–Kier alpha value is -4.71. The van der Waals surface area contributed by atoms with Crippen molar-refractivity contribution in [3.8, 4) is 5.75 Å². The van der Waals surface area contributed by atoms with E-state index in [0.717, 1.165) is 5.56 Å². The first-order valence-electron chi connectivity index (χ1n) is 12.1. The number of aryl methyl sites for hydroxylation is 1. The Kier molecular flexibility index (Phi) is 10.2. The minimum atomic E-state index is -1.18. The SMILES string of the molecule is COc1cc(CC(=O)CNCc2onc(CC(NC=O)C(=O)O)c2C)ccc1NC(=O)Nc1ccccc1C. The van der Waals surface area contributed by atoms with Crippen LogP contribution in [0.4, 0.5) is 16.2 Å². The lowest BCUT2D eigenvalue weighted by atomic mass is 10.1. The molecule has 39 heavy (non-hydrogen) atoms. The number of hydrogen-bond acceptors (Lipinski definition) is 8. The fraction of sp³-hybridized carbons (Fsp3) is 0.296. The van der Waals surface area contributed by atoms with Crippen molar-refractivity contribution in [3.05, 3.63) is 70.6 Å². The topological polar surface area (TPSA) is 172 Å². The van der Waals surface area contributed by atoms with Crippen molar-refractivity contribution in [3.63, 3.8) is 0 Å². The maximum Gasteiger partial charge on any atom is 0.326 e. The molecular weight excluding hydrogens is 506 g/mol. The van der Waals surface area contributed by atoms with Crippen molar-refractivity contribution in [2.75, 3.05) is 24.3 Å². The van der Waals surface area contributed by atoms with Gasteiger partial charge in [-0.2, -0.15) is 0 Å². The predicted molar refractivity (Wildman–Crippen MR) is 143 cm³/mol. The molecule has 0 saturated carbocycles. The maximum absolute atomic E-state index is 12.5. The zero-order valence-electron chi connectivity index (χ0n) is 21.9. The summed E-state index contributed by atoms with van der Waals surface area (Å²) in [6.45, 7) is 3.90. The molecule has 0 aliphatic carbocycles. The van der Waals surface area contributed by atoms with Crippen LogP contribution in [0, 0.1) is 13.8 Å². The Balaban J connectivity index is 1.51. The summed E-state index contributed by atoms with van der Waals surface area (Å²) >= 11 is 0. The molecule has 1 atom stereocenters. The highest BCUT2D eigenvalue weighted by molar-refractivity contribution is 6.01. The summed E-state index contributed by atoms with van der Waals surface area (Å²) in [4.78, 5) is 46.8. The van der Waals surface area contributed by atoms with Gasteiger partial charge in [0.25, 0.3) is 0 Å². The quantitative estimate of drug-likeness (QED) is 0.194. The number of rotatable bonds is 14. The summed E-state index contributed by atoms with van der Waals surface area (Å²) in [6, 6.07) is 11.0. The molecule has 3 aromatic rings. The third kappa shape index (κ3) is 8.14. The number of aliphatic carboxylic acids is 1. The third-order valence-electron chi connectivity index (χ3n) is 6.00. The van der Waals surface area contributed by atoms with E-state index in [1.807, 2.05) is 25.1 Å². The molecule has 5 N–H and O–H groups in total. The van der Waals surface area contributed by atoms with Crippen LogP contribution < -0.4 is 26.0 Å². The first-order valence-corrected chi connectivity index (χ1v) is 12.1. The monoisotopic (exact) mass is 537 g/mol. The maximum atomic E-state index is 12.5. The number of urea groups is 1. The molecule has 0 radical (unpaired) electrons. The van der Waals surface area contributed by atoms with Crippen molar-refractivity contribution in [2.45, 2.75) is 39.3 Å². The van der Waals surface area contributed by atoms with E-state index in [0.29, 0.717) is 46.1 Å². The number of anilines is 2. The third-order valence-corrected chi connectivity index (χ3v) is 6.00. The molecule has 0 bridgehead atoms. The van der Waals surface area contributed by atoms with Gasteiger partial charge in [0.15, 0.2) is 11.5 Å². The first-order chi connectivity index (χ1) is 18.7. The predicted octanol–water partition coefficient (Wildman–Crippen LogP) is 2.59. The molecule has 3 amide bonds. The molecule has 0 aliphatic rings. The lowest BCUT2D eigenvalue weighted by molar-refractivity contribution is -0.140. The number of ketones is 1. The lowest BCUT2D eigenvalue weighted by Crippen LogP contribution is -2.37. The number of Topliss-reactive ketones (excluding diaryl/α,β-unsaturated/α-hetero) is 1. The zero-order valence-corrected chi connectivity index (χ0v) is 21.9. The van der Waals surface area contributed by atoms with Gasteiger partial charge in [-0.1, -0.05) is 29.4 Å². The van der Waals surface area contributed by atoms with Crippen molar-refractivity contribution >= 4 is 35.6 Å². The van der Waals surface area contributed by atoms with Crippen LogP contribution >= 0.6 is 0 Å². The van der Waals surface area contributed by atoms with Crippen LogP contribution in [-0.4, -0.2) is 54.2 Å². The molecule has 0 fully saturated rings. The number of hydrogen-bond donors (Lipinski definition) is 5. The molecule has 0 aliphatic heterocycles. The van der Waals surface area contributed by atoms with Crippen molar-refractivity contribution < 1.29 is 33.5 Å². The van der Waals surface area contributed by atoms with Crippen molar-refractivity contribution in [1.82, 2.24) is 15.8 Å². The second-order valence-corrected chi connectivity index (χ2v) is 8.80. The van der Waals surface area contributed by atoms with Gasteiger partial charge in [0.05, 0.1) is 31.6 Å². The Labute approximate surface area is 225 Å². The van der Waals surface area contributed by atoms with Crippen LogP contribution in [0.15, 0.2) is 47.0 Å². The number of aromatic nitrogens is 1. The van der Waals surface area contributed by atoms with Crippen LogP contribution in [0.2, 0.25) is 0 Å². The van der Waals surface area contributed by atoms with Crippen LogP contribution in [0.1, 0.15) is 28.1 Å². The highest BCUT2D eigenvalue weighted by atomic mass is 16.5. The van der Waals surface area contributed by atoms with E-state index in [9.17, 15) is 24.3 Å². The molecule has 1 aromatic heterocycles. The Bertz CT molecular complexity index is 1340. The summed E-state index contributed by atoms with van der Waals surface area (Å²) < 4.78 is 10.7. The van der Waals surface area contributed by atoms with Gasteiger partial charge < -0.3 is 35.6 Å². The molecule has 0 spiro atoms. The van der Waals surface area contributed by atoms with Crippen LogP contribution in [-0.2, 0) is 33.8 Å². The minimum absolute atomic E-state index is 0.0252. The number of carbonyl (C=O) groups is 4. The van der Waals surface area contributed by atoms with Gasteiger partial charge >= 0.3 is 12.0 Å². The molecule has 12 nitrogen and oxygen atoms in total. The van der Waals surface area contributed by atoms with Gasteiger partial charge in [-0.05, 0) is 43.2 Å². The number of ether oxygens (including phenoxy) is 1. The fourth-order valence-electron chi connectivity index (χ4n) is 3.80. The summed E-state index contributed by atoms with van der Waals surface area (Å²) in [5.41, 5.74) is 3.85. The lowest BCUT2D eigenvalue weighted by Gasteiger charge is -2.13. The van der Waals surface area contributed by atoms with Gasteiger partial charge in [-0.25, -0.2) is 9.59 Å². The van der Waals surface area contributed by atoms with Gasteiger partial charge in [-0.3, -0.25) is 9.59 Å². The standard InChI is InChI=1S/C27H31N5O7/c1-16-6-4-5-7-20(16)30-27(37)31-21-9-8-18(11-24(21)38-3)10-19(34)13-28-14-25-17(2)22(32-39-25)12-23(26(35)36)29-15-33/h4-9,11,15,23,28H,10,12-14H2,1-3H3,(H,29,33)(H,35,36)(H2,30,31,37). The smallest absolute Gasteiger partial charge is 0.326 e. The highest BCUT2D eigenvalue weighted by Crippen LogP contribution is 2.26. The van der Waals surface area contributed by atoms with Gasteiger partial charge in [0.1, 0.15) is 11.8 Å². The molecule has 1 heterocycles. The highest BCUT2D eigenvalue weighted by Gasteiger charge is 2.22. The van der Waals surface area contributed by atoms with Gasteiger partial charge in [0, 0.05) is 24.1 Å². The van der Waals surface area contributed by atoms with Gasteiger partial charge in [0.2, 0.25) is 6.41 Å². The summed E-state index contributed by atoms with van der Waals surface area (Å²) in [6.07, 6.45) is 0.436. The Morgan fingerprint density at radius 1 is 1.10 bits per heavy atom. The Morgan fingerprint density at radius 3 is 2.54 bits per heavy atom. The largest absolute Gasteiger partial charge is 0.495 e. The molecule has 2 aromatic carbocycles. The molecule has 12 heteroatoms. The molecule has 3 rings (SSSR count). The number of methoxy groups -OCH3 is 1. The number of carboxylic acid groups (broad SMARTS) is 1. The molecule has 1 unspecified atom stereocenters. The first kappa shape index (κ1) is 28.9. The van der Waals surface area contributed by atoms with Gasteiger partial charge in [-0.15, -0.1) is 0 Å². The minimum Gasteiger partial charge on any atom is -0.495 e. The number of benzene rings is 2. The summed E-state index contributed by atoms with van der Waals surface area (Å²) in [7, 11) is 1.48. The average Bonchev–Trinajstić information content (AvgIpc) is 3.24. The van der Waals surface area contributed by atoms with E-state index in [4.69, 9.17) is 9.26 Å². The number of nitrogens with one attached hydrogen (secondary N) is 4. The normalized spacial score (nSPS) is 11.4. The van der Waals surface area contributed by atoms with Crippen LogP contribution in [0.25, 0.3) is 0 Å². The number of para-hydroxylation sites is 1. The average molecular weight is 538 g/mol. The van der Waals surface area contributed by atoms with Crippen LogP contribution in [0.5, 0.6) is 5.75 Å². The van der Waals surface area contributed by atoms with Crippen molar-refractivity contribution in [1.29, 1.82) is 0 Å². The molecule has 206 valence electrons. The van der Waals surface area contributed by atoms with E-state index in [2.05, 4.69) is 26.4 Å². The van der Waals surface area contributed by atoms with E-state index in [1.54, 1.807) is 31.2 Å². The van der Waals surface area contributed by atoms with Crippen LogP contribution in [0.3, 0.4) is 0 Å². The number of amides is 3. The molecule has 0 saturated heterocycles. The second kappa shape index (κ2) is 13.7. The van der Waals surface area contributed by atoms with Crippen molar-refractivity contribution in [2.24, 2.45) is 0 Å². The zero-order chi connectivity index (χ0) is 28.4. The van der Waals surface area contributed by atoms with E-state index in [1.165, 1.54) is 7.11 Å².